The molecule has 0 aliphatic heterocycles. The van der Waals surface area contributed by atoms with Crippen molar-refractivity contribution in [2.24, 2.45) is 0 Å². The van der Waals surface area contributed by atoms with Crippen molar-refractivity contribution in [2.75, 3.05) is 64.0 Å². The molecule has 0 saturated carbocycles. The lowest BCUT2D eigenvalue weighted by Gasteiger charge is -2.29. The van der Waals surface area contributed by atoms with Gasteiger partial charge in [-0.2, -0.15) is 0 Å². The van der Waals surface area contributed by atoms with Crippen molar-refractivity contribution in [3.8, 4) is 51.7 Å². The summed E-state index contributed by atoms with van der Waals surface area (Å²) in [5.41, 5.74) is 18.5. The van der Waals surface area contributed by atoms with E-state index in [9.17, 15) is 14.5 Å². The van der Waals surface area contributed by atoms with E-state index in [1.54, 1.807) is 109 Å². The monoisotopic (exact) mass is 2790 g/mol. The molecule has 0 spiro atoms. The van der Waals surface area contributed by atoms with E-state index in [2.05, 4.69) is 340 Å². The number of rotatable bonds is 30. The highest BCUT2D eigenvalue weighted by Crippen LogP contribution is 2.37. The topological polar surface area (TPSA) is 126 Å². The third-order valence-corrected chi connectivity index (χ3v) is 44.9. The number of aryl methyl sites for hydroxylation is 6. The number of methoxy groups -OCH3 is 9. The number of nitro benzene ring substituents is 1. The van der Waals surface area contributed by atoms with Crippen molar-refractivity contribution in [3.05, 3.63) is 416 Å². The van der Waals surface area contributed by atoms with Gasteiger partial charge in [-0.05, 0) is 164 Å². The molecule has 0 unspecified atom stereocenters. The second-order valence-corrected chi connectivity index (χ2v) is 58.6. The summed E-state index contributed by atoms with van der Waals surface area (Å²) in [6, 6.07) is 93.5. The zero-order valence-electron chi connectivity index (χ0n) is 89.6. The average Bonchev–Trinajstić information content (AvgIpc) is 0.753. The molecule has 14 aromatic carbocycles. The Labute approximate surface area is 948 Å². The van der Waals surface area contributed by atoms with Gasteiger partial charge in [-0.15, -0.1) is 0 Å². The summed E-state index contributed by atoms with van der Waals surface area (Å²) in [4.78, 5) is 10.6. The van der Waals surface area contributed by atoms with Gasteiger partial charge in [0.2, 0.25) is 10.7 Å². The van der Waals surface area contributed by atoms with Gasteiger partial charge in [0.25, 0.3) is 14.3 Å². The molecule has 0 heterocycles. The van der Waals surface area contributed by atoms with Crippen LogP contribution in [0.15, 0.2) is 273 Å². The molecule has 145 heavy (non-hydrogen) atoms. The molecule has 14 aromatic rings. The van der Waals surface area contributed by atoms with Gasteiger partial charge in [0.05, 0.1) is 68.9 Å². The van der Waals surface area contributed by atoms with E-state index in [4.69, 9.17) is 65.8 Å². The van der Waals surface area contributed by atoms with Gasteiger partial charge in [0, 0.05) is 115 Å². The second kappa shape index (κ2) is 60.4. The molecule has 0 bridgehead atoms. The van der Waals surface area contributed by atoms with Gasteiger partial charge in [0.15, 0.2) is 59.5 Å². The summed E-state index contributed by atoms with van der Waals surface area (Å²) in [6.45, 7) is 48.5. The fourth-order valence-electron chi connectivity index (χ4n) is 14.8. The minimum Gasteiger partial charge on any atom is -0.496 e. The number of nitrogens with zero attached hydrogens (tertiary/aromatic N) is 1. The third-order valence-electron chi connectivity index (χ3n) is 22.6. The van der Waals surface area contributed by atoms with E-state index in [1.165, 1.54) is 84.7 Å². The van der Waals surface area contributed by atoms with Crippen molar-refractivity contribution < 1.29 is 200 Å². The largest absolute Gasteiger partial charge is 0.496 e. The van der Waals surface area contributed by atoms with Crippen molar-refractivity contribution in [2.45, 2.75) is 199 Å². The molecule has 12 nitrogen and oxygen atoms in total. The Morgan fingerprint density at radius 3 is 0.924 bits per heavy atom. The molecule has 0 fully saturated rings. The summed E-state index contributed by atoms with van der Waals surface area (Å²) in [5.74, 6) is 7.38. The van der Waals surface area contributed by atoms with Gasteiger partial charge in [-0.3, -0.25) is 10.1 Å². The van der Waals surface area contributed by atoms with Crippen LogP contribution in [-0.4, -0.2) is 68.9 Å². The van der Waals surface area contributed by atoms with E-state index in [0.717, 1.165) is 64.8 Å². The van der Waals surface area contributed by atoms with Crippen molar-refractivity contribution >= 4 is 28.9 Å². The first-order chi connectivity index (χ1) is 69.0. The molecule has 0 aliphatic carbocycles. The maximum Gasteiger partial charge on any atom is 0.373 e. The SMILES string of the molecule is CC(C)(C)c1cc(C(C)(C)C)c([I+]c2ccccc2)c(C(C)(C)C)c1.CC(C)c1cc(C(C)C)c([I+]c2ccccc2)c(C(C)C)c1.CCc1cc(CC)c([I+]c2ccccc2)c(CC)c1.COc1cc(OC)c([I+]c2cc(Cl)cc(Cl)c2)c(OC)c1.COc1cc(OC)c([I+]c2cc(F)ccc2[N+](=O)[O-])c(OC)c1.COc1cc(OC)c([I+]c2ccccc2)c(OC)c1.Cc1cc(C)c([I+]c2ccccc2)c(C)c1. The Morgan fingerprint density at radius 1 is 0.324 bits per heavy atom. The van der Waals surface area contributed by atoms with Crippen molar-refractivity contribution in [1.82, 2.24) is 0 Å². The smallest absolute Gasteiger partial charge is 0.373 e. The first-order valence-electron chi connectivity index (χ1n) is 48.2. The lowest BCUT2D eigenvalue weighted by molar-refractivity contribution is -0.606. The number of halogens is 10. The summed E-state index contributed by atoms with van der Waals surface area (Å²) in [6.07, 6.45) is 3.45. The van der Waals surface area contributed by atoms with Crippen molar-refractivity contribution in [1.29, 1.82) is 0 Å². The minimum atomic E-state index is -1.10. The fraction of sp³-hybridized carbons (Fsp3) is 0.317. The Kier molecular flexibility index (Phi) is 51.0. The highest BCUT2D eigenvalue weighted by molar-refractivity contribution is 6.34. The fourth-order valence-corrected chi connectivity index (χ4v) is 37.4. The van der Waals surface area contributed by atoms with Crippen LogP contribution in [0, 0.1) is 86.7 Å². The zero-order chi connectivity index (χ0) is 107. The Morgan fingerprint density at radius 2 is 0.634 bits per heavy atom. The molecule has 0 saturated heterocycles. The average molecular weight is 2790 g/mol. The molecular weight excluding hydrogens is 2650 g/mol. The number of hydrogen-bond donors (Lipinski definition) is 0. The predicted molar refractivity (Wildman–Crippen MR) is 568 cm³/mol. The second-order valence-electron chi connectivity index (χ2n) is 37.7. The first-order valence-corrected chi connectivity index (χ1v) is 64.0. The maximum atomic E-state index is 13.5. The molecule has 14 rings (SSSR count). The van der Waals surface area contributed by atoms with Crippen LogP contribution in [0.3, 0.4) is 0 Å². The summed E-state index contributed by atoms with van der Waals surface area (Å²) in [7, 11) is 14.3. The van der Waals surface area contributed by atoms with Gasteiger partial charge < -0.3 is 42.6 Å². The minimum absolute atomic E-state index is 0.0275. The Hall–Kier alpha value is -7.70. The lowest BCUT2D eigenvalue weighted by atomic mass is 9.75. The highest BCUT2D eigenvalue weighted by atomic mass is 127. The number of ether oxygens (including phenoxy) is 9. The van der Waals surface area contributed by atoms with E-state index in [-0.39, 0.29) is 128 Å². The van der Waals surface area contributed by atoms with Crippen LogP contribution >= 0.6 is 23.2 Å². The quantitative estimate of drug-likeness (QED) is 0.0243. The molecule has 0 radical (unpaired) electrons. The molecule has 0 aliphatic rings. The van der Waals surface area contributed by atoms with Crippen LogP contribution in [0.2, 0.25) is 10.0 Å². The van der Waals surface area contributed by atoms with Crippen molar-refractivity contribution in [3.63, 3.8) is 0 Å². The summed E-state index contributed by atoms with van der Waals surface area (Å²) in [5, 5.41) is 12.4. The van der Waals surface area contributed by atoms with Crippen LogP contribution < -0.4 is 191 Å². The van der Waals surface area contributed by atoms with Gasteiger partial charge in [0.1, 0.15) is 23.1 Å². The zero-order valence-corrected chi connectivity index (χ0v) is 106. The van der Waals surface area contributed by atoms with Crippen LogP contribution in [0.5, 0.6) is 51.7 Å². The van der Waals surface area contributed by atoms with Gasteiger partial charge >= 0.3 is 154 Å². The molecule has 0 N–H and O–H groups in total. The molecular formula is C123H144Cl2FI7NO11+7. The highest BCUT2D eigenvalue weighted by Gasteiger charge is 2.40. The molecule has 770 valence electrons. The van der Waals surface area contributed by atoms with Gasteiger partial charge in [-0.1, -0.05) is 293 Å². The van der Waals surface area contributed by atoms with Crippen LogP contribution in [0.4, 0.5) is 10.1 Å². The molecule has 22 heteroatoms. The lowest BCUT2D eigenvalue weighted by Crippen LogP contribution is -3.62. The normalized spacial score (nSPS) is 11.0. The summed E-state index contributed by atoms with van der Waals surface area (Å²) < 4.78 is 79.9. The Balaban J connectivity index is 0.000000207. The summed E-state index contributed by atoms with van der Waals surface area (Å²) >= 11 is 9.73. The van der Waals surface area contributed by atoms with Crippen LogP contribution in [0.1, 0.15) is 209 Å². The van der Waals surface area contributed by atoms with Crippen LogP contribution in [-0.2, 0) is 35.5 Å². The van der Waals surface area contributed by atoms with Gasteiger partial charge in [-0.25, -0.2) is 4.39 Å². The van der Waals surface area contributed by atoms with E-state index < -0.39 is 53.2 Å². The van der Waals surface area contributed by atoms with E-state index in [1.807, 2.05) is 42.5 Å². The first kappa shape index (κ1) is 122. The number of nitro groups is 1. The molecule has 0 atom stereocenters. The maximum absolute atomic E-state index is 13.5. The number of hydrogen-bond acceptors (Lipinski definition) is 11. The number of benzene rings is 14. The third kappa shape index (κ3) is 37.7. The molecule has 0 amide bonds. The Bertz CT molecular complexity index is 6170. The molecule has 0 aromatic heterocycles. The predicted octanol–water partition coefficient (Wildman–Crippen LogP) is 10.0. The van der Waals surface area contributed by atoms with Crippen LogP contribution in [0.25, 0.3) is 0 Å². The standard InChI is InChI=1S/C24H34I.C21H28I.C18H22I.C15H14Cl2IO3.C15H14FINO5.C15H16IO3.C15H16I/c1-22(2,3)17-15-19(23(4,5)6)21(20(16-17)24(7,8)9)25-18-13-11-10-12-14-18;1-14(2)17-12-19(15(3)4)21(20(13-17)16(5)6)22-18-10-8-7-9-11-18;1-4-14-12-15(5-2)18(16(6-3)13-14)19-17-10-8-7-9-11-17;1-19-12-7-13(20-2)15(14(8-12)21-3)18-11-5-9(16)4-10(17)6-11;1-21-10-7-13(22-2)15(14(8-10)23-3)17-11-6-9(16)4-5-12(11)18(19)20;1-17-12-9-13(18-2)15(14(10-12)19-3)16-11-7-5-4-6-8-11;1-11-9-12(2)15(13(3)10-11)16-14-7-5-4-6-8-14/h10-16H,1-9H3;7-16H,1-6H3;7-13H,4-6H2,1-3H3;4-8H,1-3H3;4-8H,1-3H3;4-10H,1-3H3;4-10H,1-3H3/q7*+1. The van der Waals surface area contributed by atoms with E-state index >= 15 is 0 Å². The van der Waals surface area contributed by atoms with E-state index in [0.29, 0.717) is 57.9 Å².